The van der Waals surface area contributed by atoms with E-state index in [0.717, 1.165) is 24.1 Å². The summed E-state index contributed by atoms with van der Waals surface area (Å²) in [6.45, 7) is 6.50. The van der Waals surface area contributed by atoms with Gasteiger partial charge in [0.15, 0.2) is 0 Å². The van der Waals surface area contributed by atoms with Crippen LogP contribution in [0.1, 0.15) is 32.3 Å². The Morgan fingerprint density at radius 3 is 2.71 bits per heavy atom. The Bertz CT molecular complexity index is 557. The van der Waals surface area contributed by atoms with E-state index in [4.69, 9.17) is 0 Å². The first-order chi connectivity index (χ1) is 9.90. The molecule has 0 aliphatic carbocycles. The number of aryl methyl sites for hydroxylation is 1. The highest BCUT2D eigenvalue weighted by Crippen LogP contribution is 2.28. The fourth-order valence-electron chi connectivity index (χ4n) is 2.73. The van der Waals surface area contributed by atoms with Crippen LogP contribution in [0.3, 0.4) is 0 Å². The molecular formula is C15H21N3O3. The largest absolute Gasteiger partial charge is 0.311 e. The number of benzene rings is 1. The molecule has 21 heavy (non-hydrogen) atoms. The summed E-state index contributed by atoms with van der Waals surface area (Å²) in [5.74, 6) is 0.0481. The Balaban J connectivity index is 2.24. The predicted octanol–water partition coefficient (Wildman–Crippen LogP) is 2.40. The molecule has 1 amide bonds. The number of amides is 1. The number of carbonyl (C=O) groups excluding carboxylic acids is 1. The molecule has 114 valence electrons. The van der Waals surface area contributed by atoms with Crippen molar-refractivity contribution in [1.82, 2.24) is 5.32 Å². The van der Waals surface area contributed by atoms with Gasteiger partial charge in [-0.3, -0.25) is 14.9 Å². The van der Waals surface area contributed by atoms with Gasteiger partial charge in [-0.1, -0.05) is 13.8 Å². The second-order valence-corrected chi connectivity index (χ2v) is 5.73. The molecule has 2 rings (SSSR count). The second kappa shape index (κ2) is 6.22. The molecule has 0 saturated carbocycles. The molecule has 1 atom stereocenters. The van der Waals surface area contributed by atoms with E-state index in [9.17, 15) is 14.9 Å². The molecule has 6 nitrogen and oxygen atoms in total. The molecule has 1 aromatic rings. The Kier molecular flexibility index (Phi) is 4.57. The monoisotopic (exact) mass is 291 g/mol. The van der Waals surface area contributed by atoms with Crippen molar-refractivity contribution in [3.8, 4) is 0 Å². The number of nitrogens with zero attached hydrogens (tertiary/aromatic N) is 2. The summed E-state index contributed by atoms with van der Waals surface area (Å²) in [4.78, 5) is 24.7. The van der Waals surface area contributed by atoms with Gasteiger partial charge < -0.3 is 10.2 Å². The number of anilines is 1. The predicted molar refractivity (Wildman–Crippen MR) is 81.5 cm³/mol. The highest BCUT2D eigenvalue weighted by atomic mass is 16.6. The quantitative estimate of drug-likeness (QED) is 0.682. The topological polar surface area (TPSA) is 75.5 Å². The maximum Gasteiger partial charge on any atom is 0.269 e. The highest BCUT2D eigenvalue weighted by Gasteiger charge is 2.30. The van der Waals surface area contributed by atoms with E-state index in [0.29, 0.717) is 6.54 Å². The van der Waals surface area contributed by atoms with Gasteiger partial charge >= 0.3 is 0 Å². The van der Waals surface area contributed by atoms with E-state index in [1.165, 1.54) is 12.1 Å². The first kappa shape index (κ1) is 15.4. The van der Waals surface area contributed by atoms with E-state index in [-0.39, 0.29) is 23.7 Å². The number of hydrogen-bond acceptors (Lipinski definition) is 4. The van der Waals surface area contributed by atoms with Crippen LogP contribution < -0.4 is 10.2 Å². The molecular weight excluding hydrogens is 270 g/mol. The summed E-state index contributed by atoms with van der Waals surface area (Å²) in [6.07, 6.45) is 1.76. The molecule has 0 radical (unpaired) electrons. The van der Waals surface area contributed by atoms with E-state index >= 15 is 0 Å². The van der Waals surface area contributed by atoms with Crippen LogP contribution in [-0.4, -0.2) is 29.5 Å². The van der Waals surface area contributed by atoms with Crippen LogP contribution in [0.5, 0.6) is 0 Å². The number of rotatable bonds is 4. The third-order valence-corrected chi connectivity index (χ3v) is 3.66. The number of non-ortho nitro benzene ring substituents is 1. The molecule has 1 N–H and O–H groups in total. The molecule has 1 aliphatic heterocycles. The van der Waals surface area contributed by atoms with Crippen LogP contribution in [-0.2, 0) is 4.79 Å². The van der Waals surface area contributed by atoms with Gasteiger partial charge in [0.05, 0.1) is 11.0 Å². The van der Waals surface area contributed by atoms with E-state index in [2.05, 4.69) is 5.32 Å². The number of nitro benzene ring substituents is 1. The first-order valence-corrected chi connectivity index (χ1v) is 7.22. The molecule has 0 bridgehead atoms. The molecule has 1 unspecified atom stereocenters. The van der Waals surface area contributed by atoms with Crippen LogP contribution in [0.15, 0.2) is 18.2 Å². The summed E-state index contributed by atoms with van der Waals surface area (Å²) < 4.78 is 0. The summed E-state index contributed by atoms with van der Waals surface area (Å²) in [6, 6.07) is 4.71. The number of carbonyl (C=O) groups is 1. The molecule has 1 heterocycles. The molecule has 6 heteroatoms. The zero-order chi connectivity index (χ0) is 15.6. The van der Waals surface area contributed by atoms with Crippen LogP contribution in [0.4, 0.5) is 11.4 Å². The first-order valence-electron chi connectivity index (χ1n) is 7.22. The van der Waals surface area contributed by atoms with Crippen LogP contribution in [0.2, 0.25) is 0 Å². The third kappa shape index (κ3) is 3.39. The second-order valence-electron chi connectivity index (χ2n) is 5.73. The fourth-order valence-corrected chi connectivity index (χ4v) is 2.73. The maximum atomic E-state index is 12.6. The lowest BCUT2D eigenvalue weighted by atomic mass is 10.0. The SMILES string of the molecule is Cc1cc([N+](=O)[O-])ccc1N1CCCC(NC(C)C)C1=O. The lowest BCUT2D eigenvalue weighted by Crippen LogP contribution is -2.52. The van der Waals surface area contributed by atoms with E-state index < -0.39 is 4.92 Å². The van der Waals surface area contributed by atoms with Gasteiger partial charge in [-0.15, -0.1) is 0 Å². The van der Waals surface area contributed by atoms with Gasteiger partial charge in [-0.05, 0) is 31.4 Å². The van der Waals surface area contributed by atoms with Crippen molar-refractivity contribution in [2.45, 2.75) is 45.7 Å². The lowest BCUT2D eigenvalue weighted by molar-refractivity contribution is -0.384. The minimum atomic E-state index is -0.419. The van der Waals surface area contributed by atoms with Crippen LogP contribution >= 0.6 is 0 Å². The lowest BCUT2D eigenvalue weighted by Gasteiger charge is -2.34. The third-order valence-electron chi connectivity index (χ3n) is 3.66. The summed E-state index contributed by atoms with van der Waals surface area (Å²) in [5.41, 5.74) is 1.57. The number of piperidine rings is 1. The standard InChI is InChI=1S/C15H21N3O3/c1-10(2)16-13-5-4-8-17(15(13)19)14-7-6-12(18(20)21)9-11(14)3/h6-7,9-10,13,16H,4-5,8H2,1-3H3. The summed E-state index contributed by atoms with van der Waals surface area (Å²) >= 11 is 0. The normalized spacial score (nSPS) is 19.1. The van der Waals surface area contributed by atoms with Gasteiger partial charge in [-0.2, -0.15) is 0 Å². The van der Waals surface area contributed by atoms with Crippen molar-refractivity contribution in [2.24, 2.45) is 0 Å². The fraction of sp³-hybridized carbons (Fsp3) is 0.533. The van der Waals surface area contributed by atoms with Gasteiger partial charge in [0.1, 0.15) is 0 Å². The van der Waals surface area contributed by atoms with Gasteiger partial charge in [0.2, 0.25) is 5.91 Å². The number of nitro groups is 1. The van der Waals surface area contributed by atoms with Crippen molar-refractivity contribution in [3.05, 3.63) is 33.9 Å². The number of nitrogens with one attached hydrogen (secondary N) is 1. The molecule has 1 aliphatic rings. The van der Waals surface area contributed by atoms with Crippen LogP contribution in [0.25, 0.3) is 0 Å². The molecule has 1 saturated heterocycles. The van der Waals surface area contributed by atoms with E-state index in [1.54, 1.807) is 17.9 Å². The molecule has 0 aromatic heterocycles. The average molecular weight is 291 g/mol. The Labute approximate surface area is 124 Å². The van der Waals surface area contributed by atoms with Gasteiger partial charge in [-0.25, -0.2) is 0 Å². The highest BCUT2D eigenvalue weighted by molar-refractivity contribution is 5.98. The van der Waals surface area contributed by atoms with Crippen molar-refractivity contribution in [3.63, 3.8) is 0 Å². The van der Waals surface area contributed by atoms with Gasteiger partial charge in [0, 0.05) is 30.4 Å². The van der Waals surface area contributed by atoms with Gasteiger partial charge in [0.25, 0.3) is 5.69 Å². The average Bonchev–Trinajstić information content (AvgIpc) is 2.41. The Morgan fingerprint density at radius 1 is 1.43 bits per heavy atom. The van der Waals surface area contributed by atoms with Crippen molar-refractivity contribution < 1.29 is 9.72 Å². The van der Waals surface area contributed by atoms with Crippen molar-refractivity contribution in [1.29, 1.82) is 0 Å². The zero-order valence-electron chi connectivity index (χ0n) is 12.6. The van der Waals surface area contributed by atoms with Crippen LogP contribution in [0, 0.1) is 17.0 Å². The summed E-state index contributed by atoms with van der Waals surface area (Å²) in [7, 11) is 0. The minimum Gasteiger partial charge on any atom is -0.311 e. The molecule has 1 aromatic carbocycles. The molecule has 0 spiro atoms. The van der Waals surface area contributed by atoms with E-state index in [1.807, 2.05) is 13.8 Å². The zero-order valence-corrected chi connectivity index (χ0v) is 12.6. The molecule has 1 fully saturated rings. The Hall–Kier alpha value is -1.95. The summed E-state index contributed by atoms with van der Waals surface area (Å²) in [5, 5.41) is 14.1. The van der Waals surface area contributed by atoms with Crippen molar-refractivity contribution in [2.75, 3.05) is 11.4 Å². The Morgan fingerprint density at radius 2 is 2.14 bits per heavy atom. The minimum absolute atomic E-state index is 0.0481. The maximum absolute atomic E-state index is 12.6. The van der Waals surface area contributed by atoms with Crippen molar-refractivity contribution >= 4 is 17.3 Å². The smallest absolute Gasteiger partial charge is 0.269 e. The number of hydrogen-bond donors (Lipinski definition) is 1.